The third kappa shape index (κ3) is 1.81. The van der Waals surface area contributed by atoms with E-state index in [1.165, 1.54) is 0 Å². The van der Waals surface area contributed by atoms with Crippen molar-refractivity contribution in [3.05, 3.63) is 0 Å². The van der Waals surface area contributed by atoms with E-state index in [-0.39, 0.29) is 12.0 Å². The average Bonchev–Trinajstić information content (AvgIpc) is 2.31. The standard InChI is InChI=1S/C7H11N3O2/c1-3-4(2)8-7-9-5(11)6(12)10-7/h4H,3H2,1-2H3,(H2,8,9,10,11,12). The minimum Gasteiger partial charge on any atom is -0.288 e. The smallest absolute Gasteiger partial charge is 0.288 e. The zero-order chi connectivity index (χ0) is 9.14. The summed E-state index contributed by atoms with van der Waals surface area (Å²) in [7, 11) is 0. The molecule has 1 saturated heterocycles. The Kier molecular flexibility index (Phi) is 2.42. The van der Waals surface area contributed by atoms with Crippen LogP contribution in [0.3, 0.4) is 0 Å². The number of amides is 2. The largest absolute Gasteiger partial charge is 0.316 e. The Hall–Kier alpha value is -1.39. The number of hydrogen-bond acceptors (Lipinski definition) is 3. The van der Waals surface area contributed by atoms with Crippen LogP contribution in [-0.4, -0.2) is 23.8 Å². The predicted octanol–water partition coefficient (Wildman–Crippen LogP) is -0.613. The molecule has 5 nitrogen and oxygen atoms in total. The van der Waals surface area contributed by atoms with Crippen LogP contribution in [-0.2, 0) is 9.59 Å². The van der Waals surface area contributed by atoms with E-state index in [0.29, 0.717) is 0 Å². The molecule has 0 aromatic heterocycles. The molecule has 1 atom stereocenters. The van der Waals surface area contributed by atoms with E-state index < -0.39 is 11.8 Å². The number of hydrogen-bond donors (Lipinski definition) is 2. The van der Waals surface area contributed by atoms with Gasteiger partial charge < -0.3 is 0 Å². The number of guanidine groups is 1. The lowest BCUT2D eigenvalue weighted by Gasteiger charge is -2.01. The summed E-state index contributed by atoms with van der Waals surface area (Å²) in [6.07, 6.45) is 0.870. The Morgan fingerprint density at radius 1 is 1.33 bits per heavy atom. The molecule has 0 aromatic carbocycles. The first-order chi connectivity index (χ1) is 5.63. The molecule has 1 aliphatic rings. The van der Waals surface area contributed by atoms with Crippen molar-refractivity contribution in [3.63, 3.8) is 0 Å². The number of rotatable bonds is 2. The maximum atomic E-state index is 10.7. The lowest BCUT2D eigenvalue weighted by molar-refractivity contribution is -0.135. The number of aliphatic imine (C=N–C) groups is 1. The topological polar surface area (TPSA) is 70.6 Å². The van der Waals surface area contributed by atoms with Crippen LogP contribution in [0, 0.1) is 0 Å². The van der Waals surface area contributed by atoms with Gasteiger partial charge in [-0.05, 0) is 13.3 Å². The quantitative estimate of drug-likeness (QED) is 0.541. The van der Waals surface area contributed by atoms with Gasteiger partial charge >= 0.3 is 11.8 Å². The Balaban J connectivity index is 2.62. The number of nitrogens with zero attached hydrogens (tertiary/aromatic N) is 1. The molecule has 1 unspecified atom stereocenters. The third-order valence-electron chi connectivity index (χ3n) is 1.61. The van der Waals surface area contributed by atoms with E-state index >= 15 is 0 Å². The molecule has 0 radical (unpaired) electrons. The first-order valence-electron chi connectivity index (χ1n) is 3.83. The number of nitrogens with one attached hydrogen (secondary N) is 2. The lowest BCUT2D eigenvalue weighted by Crippen LogP contribution is -2.27. The van der Waals surface area contributed by atoms with E-state index in [4.69, 9.17) is 0 Å². The molecule has 1 heterocycles. The fourth-order valence-corrected chi connectivity index (χ4v) is 0.736. The second kappa shape index (κ2) is 3.34. The van der Waals surface area contributed by atoms with Gasteiger partial charge in [-0.3, -0.25) is 20.2 Å². The Bertz CT molecular complexity index is 229. The van der Waals surface area contributed by atoms with Crippen molar-refractivity contribution < 1.29 is 9.59 Å². The molecule has 1 aliphatic heterocycles. The summed E-state index contributed by atoms with van der Waals surface area (Å²) in [6.45, 7) is 3.89. The molecule has 66 valence electrons. The first kappa shape index (κ1) is 8.70. The summed E-state index contributed by atoms with van der Waals surface area (Å²) in [4.78, 5) is 25.3. The van der Waals surface area contributed by atoms with Crippen molar-refractivity contribution in [2.24, 2.45) is 4.99 Å². The average molecular weight is 169 g/mol. The summed E-state index contributed by atoms with van der Waals surface area (Å²) in [5.41, 5.74) is 0. The van der Waals surface area contributed by atoms with E-state index in [1.54, 1.807) is 0 Å². The maximum absolute atomic E-state index is 10.7. The van der Waals surface area contributed by atoms with Gasteiger partial charge in [-0.1, -0.05) is 6.92 Å². The van der Waals surface area contributed by atoms with Crippen molar-refractivity contribution in [1.29, 1.82) is 0 Å². The highest BCUT2D eigenvalue weighted by Gasteiger charge is 2.25. The summed E-state index contributed by atoms with van der Waals surface area (Å²) >= 11 is 0. The predicted molar refractivity (Wildman–Crippen MR) is 43.5 cm³/mol. The number of carbonyl (C=O) groups excluding carboxylic acids is 2. The van der Waals surface area contributed by atoms with Crippen LogP contribution >= 0.6 is 0 Å². The van der Waals surface area contributed by atoms with Crippen molar-refractivity contribution in [3.8, 4) is 0 Å². The SMILES string of the molecule is CCC(C)N=C1NC(=O)C(=O)N1. The van der Waals surface area contributed by atoms with Gasteiger partial charge in [0, 0.05) is 0 Å². The van der Waals surface area contributed by atoms with E-state index in [2.05, 4.69) is 15.6 Å². The Morgan fingerprint density at radius 2 is 1.83 bits per heavy atom. The lowest BCUT2D eigenvalue weighted by atomic mass is 10.3. The third-order valence-corrected chi connectivity index (χ3v) is 1.61. The van der Waals surface area contributed by atoms with Crippen LogP contribution in [0.5, 0.6) is 0 Å². The summed E-state index contributed by atoms with van der Waals surface area (Å²) in [6, 6.07) is 0.110. The van der Waals surface area contributed by atoms with Crippen molar-refractivity contribution in [1.82, 2.24) is 10.6 Å². The molecule has 2 N–H and O–H groups in total. The van der Waals surface area contributed by atoms with Crippen LogP contribution in [0.25, 0.3) is 0 Å². The molecule has 0 saturated carbocycles. The fraction of sp³-hybridized carbons (Fsp3) is 0.571. The zero-order valence-corrected chi connectivity index (χ0v) is 7.05. The van der Waals surface area contributed by atoms with Gasteiger partial charge in [0.05, 0.1) is 6.04 Å². The normalized spacial score (nSPS) is 18.7. The second-order valence-electron chi connectivity index (χ2n) is 2.64. The highest BCUT2D eigenvalue weighted by molar-refractivity contribution is 6.45. The molecular formula is C7H11N3O2. The Morgan fingerprint density at radius 3 is 2.25 bits per heavy atom. The van der Waals surface area contributed by atoms with Crippen molar-refractivity contribution in [2.75, 3.05) is 0 Å². The molecule has 12 heavy (non-hydrogen) atoms. The molecular weight excluding hydrogens is 158 g/mol. The van der Waals surface area contributed by atoms with Crippen LogP contribution < -0.4 is 10.6 Å². The molecule has 1 rings (SSSR count). The van der Waals surface area contributed by atoms with Gasteiger partial charge in [0.1, 0.15) is 0 Å². The summed E-state index contributed by atoms with van der Waals surface area (Å²) in [5, 5.41) is 4.64. The number of carbonyl (C=O) groups is 2. The van der Waals surface area contributed by atoms with Gasteiger partial charge in [0.15, 0.2) is 0 Å². The van der Waals surface area contributed by atoms with Crippen LogP contribution in [0.15, 0.2) is 4.99 Å². The van der Waals surface area contributed by atoms with E-state index in [9.17, 15) is 9.59 Å². The summed E-state index contributed by atoms with van der Waals surface area (Å²) in [5.74, 6) is -1.02. The molecule has 0 aromatic rings. The molecule has 0 aliphatic carbocycles. The first-order valence-corrected chi connectivity index (χ1v) is 3.83. The fourth-order valence-electron chi connectivity index (χ4n) is 0.736. The van der Waals surface area contributed by atoms with Gasteiger partial charge in [0.25, 0.3) is 0 Å². The molecule has 1 fully saturated rings. The second-order valence-corrected chi connectivity index (χ2v) is 2.64. The van der Waals surface area contributed by atoms with E-state index in [0.717, 1.165) is 6.42 Å². The maximum Gasteiger partial charge on any atom is 0.316 e. The zero-order valence-electron chi connectivity index (χ0n) is 7.05. The van der Waals surface area contributed by atoms with Crippen molar-refractivity contribution >= 4 is 17.8 Å². The minimum absolute atomic E-state index is 0.110. The van der Waals surface area contributed by atoms with Gasteiger partial charge in [-0.2, -0.15) is 0 Å². The molecule has 0 bridgehead atoms. The molecule has 0 spiro atoms. The highest BCUT2D eigenvalue weighted by Crippen LogP contribution is 1.95. The summed E-state index contributed by atoms with van der Waals surface area (Å²) < 4.78 is 0. The Labute approximate surface area is 70.2 Å². The van der Waals surface area contributed by atoms with E-state index in [1.807, 2.05) is 13.8 Å². The van der Waals surface area contributed by atoms with Crippen LogP contribution in [0.4, 0.5) is 0 Å². The minimum atomic E-state index is -0.642. The van der Waals surface area contributed by atoms with Gasteiger partial charge in [-0.15, -0.1) is 0 Å². The van der Waals surface area contributed by atoms with Gasteiger partial charge in [0.2, 0.25) is 5.96 Å². The molecule has 5 heteroatoms. The van der Waals surface area contributed by atoms with Crippen molar-refractivity contribution in [2.45, 2.75) is 26.3 Å². The van der Waals surface area contributed by atoms with Crippen LogP contribution in [0.1, 0.15) is 20.3 Å². The molecule has 2 amide bonds. The monoisotopic (exact) mass is 169 g/mol. The highest BCUT2D eigenvalue weighted by atomic mass is 16.2. The van der Waals surface area contributed by atoms with Crippen LogP contribution in [0.2, 0.25) is 0 Å². The van der Waals surface area contributed by atoms with Gasteiger partial charge in [-0.25, -0.2) is 4.99 Å².